The lowest BCUT2D eigenvalue weighted by molar-refractivity contribution is -0.129. The summed E-state index contributed by atoms with van der Waals surface area (Å²) >= 11 is 0. The van der Waals surface area contributed by atoms with Crippen molar-refractivity contribution in [3.05, 3.63) is 71.8 Å². The maximum Gasteiger partial charge on any atom is 0.246 e. The monoisotopic (exact) mass is 335 g/mol. The van der Waals surface area contributed by atoms with Crippen LogP contribution in [0.15, 0.2) is 60.7 Å². The Labute approximate surface area is 149 Å². The molecular weight excluding hydrogens is 310 g/mol. The Morgan fingerprint density at radius 3 is 2.80 bits per heavy atom. The predicted octanol–water partition coefficient (Wildman–Crippen LogP) is 4.68. The Kier molecular flexibility index (Phi) is 5.89. The topological polar surface area (TPSA) is 29.5 Å². The zero-order chi connectivity index (χ0) is 17.5. The molecule has 1 aliphatic rings. The maximum atomic E-state index is 12.4. The van der Waals surface area contributed by atoms with Gasteiger partial charge in [0, 0.05) is 18.7 Å². The molecule has 2 aromatic rings. The summed E-state index contributed by atoms with van der Waals surface area (Å²) in [7, 11) is 0. The van der Waals surface area contributed by atoms with E-state index in [0.29, 0.717) is 12.6 Å². The molecule has 0 N–H and O–H groups in total. The molecule has 0 saturated carbocycles. The normalized spacial score (nSPS) is 17.6. The molecule has 1 aliphatic heterocycles. The summed E-state index contributed by atoms with van der Waals surface area (Å²) in [4.78, 5) is 14.4. The van der Waals surface area contributed by atoms with E-state index in [1.165, 1.54) is 6.42 Å². The molecule has 0 radical (unpaired) electrons. The third-order valence-electron chi connectivity index (χ3n) is 4.61. The fourth-order valence-electron chi connectivity index (χ4n) is 3.14. The molecule has 0 spiro atoms. The summed E-state index contributed by atoms with van der Waals surface area (Å²) < 4.78 is 5.84. The summed E-state index contributed by atoms with van der Waals surface area (Å²) in [6.07, 6.45) is 6.97. The second-order valence-corrected chi connectivity index (χ2v) is 6.56. The molecule has 1 amide bonds. The summed E-state index contributed by atoms with van der Waals surface area (Å²) in [5, 5.41) is 0. The molecule has 130 valence electrons. The van der Waals surface area contributed by atoms with Gasteiger partial charge in [-0.15, -0.1) is 0 Å². The van der Waals surface area contributed by atoms with Gasteiger partial charge in [-0.1, -0.05) is 42.5 Å². The summed E-state index contributed by atoms with van der Waals surface area (Å²) in [5.74, 6) is 0.910. The SMILES string of the molecule is CC1CCCCN1C(=O)/C=C/c1cccc(OCc2ccccc2)c1. The van der Waals surface area contributed by atoms with Crippen molar-refractivity contribution < 1.29 is 9.53 Å². The third-order valence-corrected chi connectivity index (χ3v) is 4.61. The Morgan fingerprint density at radius 1 is 1.16 bits per heavy atom. The smallest absolute Gasteiger partial charge is 0.246 e. The molecule has 1 heterocycles. The van der Waals surface area contributed by atoms with Crippen molar-refractivity contribution in [3.8, 4) is 5.75 Å². The van der Waals surface area contributed by atoms with Gasteiger partial charge >= 0.3 is 0 Å². The van der Waals surface area contributed by atoms with Gasteiger partial charge in [-0.3, -0.25) is 4.79 Å². The van der Waals surface area contributed by atoms with Crippen LogP contribution in [0.5, 0.6) is 5.75 Å². The molecule has 1 atom stereocenters. The van der Waals surface area contributed by atoms with E-state index in [1.807, 2.05) is 65.6 Å². The second-order valence-electron chi connectivity index (χ2n) is 6.56. The first-order valence-electron chi connectivity index (χ1n) is 8.98. The molecule has 0 bridgehead atoms. The van der Waals surface area contributed by atoms with Crippen LogP contribution in [-0.4, -0.2) is 23.4 Å². The first-order chi connectivity index (χ1) is 12.2. The summed E-state index contributed by atoms with van der Waals surface area (Å²) in [6, 6.07) is 18.3. The van der Waals surface area contributed by atoms with Gasteiger partial charge in [-0.2, -0.15) is 0 Å². The highest BCUT2D eigenvalue weighted by Crippen LogP contribution is 2.19. The van der Waals surface area contributed by atoms with E-state index >= 15 is 0 Å². The molecule has 0 aromatic heterocycles. The Balaban J connectivity index is 1.60. The number of piperidine rings is 1. The standard InChI is InChI=1S/C22H25NO2/c1-18-8-5-6-15-23(18)22(24)14-13-19-11-7-12-21(16-19)25-17-20-9-3-2-4-10-20/h2-4,7,9-14,16,18H,5-6,8,15,17H2,1H3/b14-13+. The van der Waals surface area contributed by atoms with Crippen LogP contribution in [-0.2, 0) is 11.4 Å². The minimum atomic E-state index is 0.0998. The largest absolute Gasteiger partial charge is 0.489 e. The Bertz CT molecular complexity index is 724. The van der Waals surface area contributed by atoms with Crippen molar-refractivity contribution in [2.45, 2.75) is 38.8 Å². The van der Waals surface area contributed by atoms with Gasteiger partial charge < -0.3 is 9.64 Å². The van der Waals surface area contributed by atoms with Crippen LogP contribution in [0, 0.1) is 0 Å². The van der Waals surface area contributed by atoms with Gasteiger partial charge in [-0.25, -0.2) is 0 Å². The number of hydrogen-bond acceptors (Lipinski definition) is 2. The van der Waals surface area contributed by atoms with Gasteiger partial charge in [0.15, 0.2) is 0 Å². The lowest BCUT2D eigenvalue weighted by Gasteiger charge is -2.32. The van der Waals surface area contributed by atoms with Crippen LogP contribution in [0.4, 0.5) is 0 Å². The average Bonchev–Trinajstić information content (AvgIpc) is 2.66. The Hall–Kier alpha value is -2.55. The van der Waals surface area contributed by atoms with E-state index in [0.717, 1.165) is 36.3 Å². The molecule has 3 nitrogen and oxygen atoms in total. The van der Waals surface area contributed by atoms with E-state index in [2.05, 4.69) is 6.92 Å². The molecule has 3 rings (SSSR count). The fourth-order valence-corrected chi connectivity index (χ4v) is 3.14. The number of nitrogens with zero attached hydrogens (tertiary/aromatic N) is 1. The van der Waals surface area contributed by atoms with Crippen LogP contribution in [0.25, 0.3) is 6.08 Å². The van der Waals surface area contributed by atoms with E-state index in [1.54, 1.807) is 6.08 Å². The van der Waals surface area contributed by atoms with Crippen molar-refractivity contribution in [2.75, 3.05) is 6.54 Å². The van der Waals surface area contributed by atoms with Crippen molar-refractivity contribution in [2.24, 2.45) is 0 Å². The van der Waals surface area contributed by atoms with Crippen molar-refractivity contribution in [1.82, 2.24) is 4.90 Å². The lowest BCUT2D eigenvalue weighted by Crippen LogP contribution is -2.41. The minimum absolute atomic E-state index is 0.0998. The number of carbonyl (C=O) groups excluding carboxylic acids is 1. The third kappa shape index (κ3) is 4.96. The van der Waals surface area contributed by atoms with Crippen LogP contribution in [0.2, 0.25) is 0 Å². The highest BCUT2D eigenvalue weighted by atomic mass is 16.5. The second kappa shape index (κ2) is 8.52. The lowest BCUT2D eigenvalue weighted by atomic mass is 10.0. The van der Waals surface area contributed by atoms with Crippen molar-refractivity contribution in [1.29, 1.82) is 0 Å². The number of rotatable bonds is 5. The molecule has 25 heavy (non-hydrogen) atoms. The zero-order valence-electron chi connectivity index (χ0n) is 14.7. The highest BCUT2D eigenvalue weighted by molar-refractivity contribution is 5.92. The zero-order valence-corrected chi connectivity index (χ0v) is 14.7. The van der Waals surface area contributed by atoms with E-state index in [-0.39, 0.29) is 5.91 Å². The first kappa shape index (κ1) is 17.3. The van der Waals surface area contributed by atoms with E-state index < -0.39 is 0 Å². The van der Waals surface area contributed by atoms with Gasteiger partial charge in [0.25, 0.3) is 0 Å². The van der Waals surface area contributed by atoms with Crippen LogP contribution in [0.1, 0.15) is 37.3 Å². The number of amides is 1. The van der Waals surface area contributed by atoms with Crippen LogP contribution < -0.4 is 4.74 Å². The van der Waals surface area contributed by atoms with Crippen molar-refractivity contribution in [3.63, 3.8) is 0 Å². The van der Waals surface area contributed by atoms with Gasteiger partial charge in [0.2, 0.25) is 5.91 Å². The number of carbonyl (C=O) groups is 1. The average molecular weight is 335 g/mol. The molecule has 3 heteroatoms. The minimum Gasteiger partial charge on any atom is -0.489 e. The van der Waals surface area contributed by atoms with Gasteiger partial charge in [0.1, 0.15) is 12.4 Å². The highest BCUT2D eigenvalue weighted by Gasteiger charge is 2.21. The van der Waals surface area contributed by atoms with E-state index in [9.17, 15) is 4.79 Å². The van der Waals surface area contributed by atoms with E-state index in [4.69, 9.17) is 4.74 Å². The molecule has 1 fully saturated rings. The number of benzene rings is 2. The fraction of sp³-hybridized carbons (Fsp3) is 0.318. The summed E-state index contributed by atoms with van der Waals surface area (Å²) in [5.41, 5.74) is 2.11. The van der Waals surface area contributed by atoms with Gasteiger partial charge in [-0.05, 0) is 55.5 Å². The van der Waals surface area contributed by atoms with Gasteiger partial charge in [0.05, 0.1) is 0 Å². The number of ether oxygens (including phenoxy) is 1. The first-order valence-corrected chi connectivity index (χ1v) is 8.98. The number of hydrogen-bond donors (Lipinski definition) is 0. The van der Waals surface area contributed by atoms with Crippen LogP contribution >= 0.6 is 0 Å². The molecule has 1 unspecified atom stereocenters. The Morgan fingerprint density at radius 2 is 2.00 bits per heavy atom. The van der Waals surface area contributed by atoms with Crippen LogP contribution in [0.3, 0.4) is 0 Å². The van der Waals surface area contributed by atoms with Crippen molar-refractivity contribution >= 4 is 12.0 Å². The molecule has 0 aliphatic carbocycles. The maximum absolute atomic E-state index is 12.4. The summed E-state index contributed by atoms with van der Waals surface area (Å²) in [6.45, 7) is 3.53. The number of likely N-dealkylation sites (tertiary alicyclic amines) is 1. The molecule has 1 saturated heterocycles. The predicted molar refractivity (Wildman–Crippen MR) is 101 cm³/mol. The molecular formula is C22H25NO2. The quantitative estimate of drug-likeness (QED) is 0.743. The molecule has 2 aromatic carbocycles.